The molecule has 0 saturated carbocycles. The first-order valence-electron chi connectivity index (χ1n) is 8.06. The molecule has 1 aliphatic heterocycles. The van der Waals surface area contributed by atoms with E-state index in [4.69, 9.17) is 4.74 Å². The van der Waals surface area contributed by atoms with E-state index in [2.05, 4.69) is 5.32 Å². The molecule has 1 N–H and O–H groups in total. The van der Waals surface area contributed by atoms with Crippen LogP contribution in [0.5, 0.6) is 5.75 Å². The maximum Gasteiger partial charge on any atom is 0.229 e. The highest BCUT2D eigenvalue weighted by molar-refractivity contribution is 5.96. The molecule has 25 heavy (non-hydrogen) atoms. The average Bonchev–Trinajstić information content (AvgIpc) is 2.94. The number of ether oxygens (including phenoxy) is 1. The second kappa shape index (κ2) is 7.34. The van der Waals surface area contributed by atoms with Crippen LogP contribution in [0.4, 0.5) is 10.1 Å². The zero-order valence-corrected chi connectivity index (χ0v) is 13.9. The summed E-state index contributed by atoms with van der Waals surface area (Å²) in [6.07, 6.45) is 0.308. The molecule has 2 amide bonds. The van der Waals surface area contributed by atoms with Crippen molar-refractivity contribution >= 4 is 17.5 Å². The van der Waals surface area contributed by atoms with Gasteiger partial charge in [-0.25, -0.2) is 4.39 Å². The van der Waals surface area contributed by atoms with Crippen molar-refractivity contribution in [2.45, 2.75) is 26.0 Å². The molecule has 6 heteroatoms. The summed E-state index contributed by atoms with van der Waals surface area (Å²) in [4.78, 5) is 24.9. The minimum atomic E-state index is -0.277. The van der Waals surface area contributed by atoms with Crippen molar-refractivity contribution in [1.29, 1.82) is 0 Å². The molecular formula is C19H19FN2O3. The molecule has 2 aromatic rings. The van der Waals surface area contributed by atoms with Crippen LogP contribution < -0.4 is 15.0 Å². The first kappa shape index (κ1) is 17.0. The zero-order valence-electron chi connectivity index (χ0n) is 13.9. The molecule has 0 aliphatic carbocycles. The van der Waals surface area contributed by atoms with Gasteiger partial charge in [0.1, 0.15) is 18.2 Å². The Morgan fingerprint density at radius 2 is 1.88 bits per heavy atom. The molecule has 1 fully saturated rings. The van der Waals surface area contributed by atoms with Gasteiger partial charge < -0.3 is 15.0 Å². The van der Waals surface area contributed by atoms with Crippen LogP contribution in [-0.4, -0.2) is 24.4 Å². The Kier molecular flexibility index (Phi) is 4.97. The number of carbonyl (C=O) groups excluding carboxylic acids is 2. The normalized spacial score (nSPS) is 16.8. The number of hydrogen-bond donors (Lipinski definition) is 1. The van der Waals surface area contributed by atoms with Gasteiger partial charge in [-0.3, -0.25) is 9.59 Å². The van der Waals surface area contributed by atoms with E-state index in [1.807, 2.05) is 12.1 Å². The molecule has 5 nitrogen and oxygen atoms in total. The van der Waals surface area contributed by atoms with E-state index < -0.39 is 0 Å². The van der Waals surface area contributed by atoms with Crippen LogP contribution >= 0.6 is 0 Å². The maximum atomic E-state index is 12.9. The van der Waals surface area contributed by atoms with E-state index in [1.54, 1.807) is 29.2 Å². The molecule has 1 saturated heterocycles. The van der Waals surface area contributed by atoms with E-state index in [1.165, 1.54) is 19.1 Å². The zero-order chi connectivity index (χ0) is 17.8. The lowest BCUT2D eigenvalue weighted by atomic mass is 10.2. The van der Waals surface area contributed by atoms with Gasteiger partial charge in [0.15, 0.2) is 0 Å². The number of anilines is 1. The molecule has 0 aromatic heterocycles. The van der Waals surface area contributed by atoms with E-state index in [9.17, 15) is 14.0 Å². The molecule has 0 spiro atoms. The number of nitrogens with zero attached hydrogens (tertiary/aromatic N) is 1. The van der Waals surface area contributed by atoms with Gasteiger partial charge in [-0.1, -0.05) is 12.1 Å². The van der Waals surface area contributed by atoms with Crippen molar-refractivity contribution in [2.75, 3.05) is 11.4 Å². The Balaban J connectivity index is 1.59. The van der Waals surface area contributed by atoms with Gasteiger partial charge in [0.2, 0.25) is 11.8 Å². The summed E-state index contributed by atoms with van der Waals surface area (Å²) in [6, 6.07) is 13.2. The van der Waals surface area contributed by atoms with Crippen molar-refractivity contribution < 1.29 is 18.7 Å². The van der Waals surface area contributed by atoms with E-state index in [0.29, 0.717) is 25.3 Å². The van der Waals surface area contributed by atoms with Gasteiger partial charge in [0.25, 0.3) is 0 Å². The number of nitrogens with one attached hydrogen (secondary N) is 1. The fourth-order valence-corrected chi connectivity index (χ4v) is 2.81. The van der Waals surface area contributed by atoms with E-state index >= 15 is 0 Å². The first-order valence-corrected chi connectivity index (χ1v) is 8.06. The third-order valence-corrected chi connectivity index (χ3v) is 4.00. The number of hydrogen-bond acceptors (Lipinski definition) is 3. The van der Waals surface area contributed by atoms with Gasteiger partial charge >= 0.3 is 0 Å². The summed E-state index contributed by atoms with van der Waals surface area (Å²) in [7, 11) is 0. The highest BCUT2D eigenvalue weighted by atomic mass is 19.1. The minimum Gasteiger partial charge on any atom is -0.489 e. The monoisotopic (exact) mass is 342 g/mol. The lowest BCUT2D eigenvalue weighted by molar-refractivity contribution is -0.119. The van der Waals surface area contributed by atoms with E-state index in [0.717, 1.165) is 11.3 Å². The molecule has 3 rings (SSSR count). The van der Waals surface area contributed by atoms with Crippen molar-refractivity contribution in [1.82, 2.24) is 5.32 Å². The van der Waals surface area contributed by atoms with Crippen molar-refractivity contribution in [3.05, 3.63) is 59.9 Å². The highest BCUT2D eigenvalue weighted by Crippen LogP contribution is 2.24. The summed E-state index contributed by atoms with van der Waals surface area (Å²) in [5.74, 6) is 0.238. The molecule has 1 heterocycles. The van der Waals surface area contributed by atoms with Crippen molar-refractivity contribution in [3.8, 4) is 5.75 Å². The van der Waals surface area contributed by atoms with Crippen LogP contribution in [0.15, 0.2) is 48.5 Å². The Morgan fingerprint density at radius 3 is 2.52 bits per heavy atom. The fraction of sp³-hybridized carbons (Fsp3) is 0.263. The SMILES string of the molecule is CC(=O)N[C@@H]1CC(=O)N(c2ccc(OCc3ccc(F)cc3)cc2)C1. The molecule has 1 atom stereocenters. The average molecular weight is 342 g/mol. The summed E-state index contributed by atoms with van der Waals surface area (Å²) >= 11 is 0. The Labute approximate surface area is 145 Å². The number of amides is 2. The number of halogens is 1. The summed E-state index contributed by atoms with van der Waals surface area (Å²) in [6.45, 7) is 2.25. The van der Waals surface area contributed by atoms with Gasteiger partial charge in [0.05, 0.1) is 6.04 Å². The molecule has 1 aliphatic rings. The molecular weight excluding hydrogens is 323 g/mol. The summed E-state index contributed by atoms with van der Waals surface area (Å²) in [5.41, 5.74) is 1.64. The topological polar surface area (TPSA) is 58.6 Å². The van der Waals surface area contributed by atoms with Crippen molar-refractivity contribution in [2.24, 2.45) is 0 Å². The first-order chi connectivity index (χ1) is 12.0. The Hall–Kier alpha value is -2.89. The third kappa shape index (κ3) is 4.35. The summed E-state index contributed by atoms with van der Waals surface area (Å²) in [5, 5.41) is 2.77. The smallest absolute Gasteiger partial charge is 0.229 e. The lowest BCUT2D eigenvalue weighted by Crippen LogP contribution is -2.35. The second-order valence-corrected chi connectivity index (χ2v) is 6.01. The Bertz CT molecular complexity index is 759. The van der Waals surface area contributed by atoms with Gasteiger partial charge in [0, 0.05) is 25.6 Å². The van der Waals surface area contributed by atoms with Crippen LogP contribution in [0.25, 0.3) is 0 Å². The summed E-state index contributed by atoms with van der Waals surface area (Å²) < 4.78 is 18.5. The van der Waals surface area contributed by atoms with Gasteiger partial charge in [-0.05, 0) is 42.0 Å². The molecule has 0 unspecified atom stereocenters. The van der Waals surface area contributed by atoms with E-state index in [-0.39, 0.29) is 23.7 Å². The van der Waals surface area contributed by atoms with Crippen LogP contribution in [0, 0.1) is 5.82 Å². The van der Waals surface area contributed by atoms with Crippen LogP contribution in [0.2, 0.25) is 0 Å². The predicted molar refractivity (Wildman–Crippen MR) is 91.7 cm³/mol. The molecule has 2 aromatic carbocycles. The standard InChI is InChI=1S/C19H19FN2O3/c1-13(23)21-16-10-19(24)22(11-16)17-6-8-18(9-7-17)25-12-14-2-4-15(20)5-3-14/h2-9,16H,10-12H2,1H3,(H,21,23)/t16-/m1/s1. The lowest BCUT2D eigenvalue weighted by Gasteiger charge is -2.17. The van der Waals surface area contributed by atoms with Gasteiger partial charge in [-0.15, -0.1) is 0 Å². The third-order valence-electron chi connectivity index (χ3n) is 4.00. The maximum absolute atomic E-state index is 12.9. The van der Waals surface area contributed by atoms with Crippen LogP contribution in [-0.2, 0) is 16.2 Å². The fourth-order valence-electron chi connectivity index (χ4n) is 2.81. The van der Waals surface area contributed by atoms with Crippen LogP contribution in [0.3, 0.4) is 0 Å². The quantitative estimate of drug-likeness (QED) is 0.909. The van der Waals surface area contributed by atoms with Crippen molar-refractivity contribution in [3.63, 3.8) is 0 Å². The number of rotatable bonds is 5. The number of benzene rings is 2. The minimum absolute atomic E-state index is 0.0151. The molecule has 0 radical (unpaired) electrons. The highest BCUT2D eigenvalue weighted by Gasteiger charge is 2.30. The Morgan fingerprint density at radius 1 is 1.20 bits per heavy atom. The van der Waals surface area contributed by atoms with Crippen LogP contribution in [0.1, 0.15) is 18.9 Å². The second-order valence-electron chi connectivity index (χ2n) is 6.01. The van der Waals surface area contributed by atoms with Gasteiger partial charge in [-0.2, -0.15) is 0 Å². The molecule has 0 bridgehead atoms. The molecule has 130 valence electrons. The number of carbonyl (C=O) groups is 2. The predicted octanol–water partition coefficient (Wildman–Crippen LogP) is 2.65. The largest absolute Gasteiger partial charge is 0.489 e.